The molecule has 0 unspecified atom stereocenters. The van der Waals surface area contributed by atoms with Crippen LogP contribution in [0, 0.1) is 0 Å². The van der Waals surface area contributed by atoms with E-state index in [4.69, 9.17) is 0 Å². The summed E-state index contributed by atoms with van der Waals surface area (Å²) in [7, 11) is -5.56. The maximum Gasteiger partial charge on any atom is 0.247 e. The molecule has 0 N–H and O–H groups in total. The molecule has 0 rings (SSSR count). The highest BCUT2D eigenvalue weighted by atomic mass is 31.2. The Morgan fingerprint density at radius 2 is 1.10 bits per heavy atom. The zero-order valence-electron chi connectivity index (χ0n) is 6.62. The second-order valence-electron chi connectivity index (χ2n) is 2.98. The Kier molecular flexibility index (Phi) is 2.67. The van der Waals surface area contributed by atoms with Crippen molar-refractivity contribution >= 4 is 19.5 Å². The zero-order valence-corrected chi connectivity index (χ0v) is 8.41. The van der Waals surface area contributed by atoms with Crippen molar-refractivity contribution in [2.45, 2.75) is 0 Å². The summed E-state index contributed by atoms with van der Waals surface area (Å²) in [4.78, 5) is 11.0. The first-order chi connectivity index (χ1) is 4.15. The molecule has 0 bridgehead atoms. The van der Waals surface area contributed by atoms with Crippen molar-refractivity contribution < 1.29 is 13.9 Å². The van der Waals surface area contributed by atoms with Crippen LogP contribution in [0.3, 0.4) is 0 Å². The molecule has 0 aliphatic heterocycles. The molecule has 5 heteroatoms. The maximum absolute atomic E-state index is 11.0. The Balaban J connectivity index is 4.75. The quantitative estimate of drug-likeness (QED) is 0.616. The molecule has 0 amide bonds. The van der Waals surface area contributed by atoms with Gasteiger partial charge < -0.3 is 9.13 Å². The molecule has 0 spiro atoms. The molecule has 0 saturated carbocycles. The first-order valence-corrected chi connectivity index (χ1v) is 8.01. The molecule has 10 heavy (non-hydrogen) atoms. The number of hydrogen-bond donors (Lipinski definition) is 0. The van der Waals surface area contributed by atoms with E-state index < -0.39 is 19.5 Å². The summed E-state index contributed by atoms with van der Waals surface area (Å²) in [6.45, 7) is 5.37. The van der Waals surface area contributed by atoms with E-state index in [0.29, 0.717) is 0 Å². The van der Waals surface area contributed by atoms with Crippen molar-refractivity contribution in [2.24, 2.45) is 0 Å². The van der Waals surface area contributed by atoms with Crippen LogP contribution in [0.4, 0.5) is 4.79 Å². The lowest BCUT2D eigenvalue weighted by Gasteiger charge is -2.07. The molecule has 60 valence electrons. The summed E-state index contributed by atoms with van der Waals surface area (Å²) in [5, 5.41) is -0.569. The average Bonchev–Trinajstić information content (AvgIpc) is 1.59. The van der Waals surface area contributed by atoms with Gasteiger partial charge in [0.1, 0.15) is 0 Å². The minimum Gasteiger partial charge on any atom is -0.316 e. The highest BCUT2D eigenvalue weighted by Crippen LogP contribution is 2.55. The predicted molar refractivity (Wildman–Crippen MR) is 44.3 cm³/mol. The van der Waals surface area contributed by atoms with E-state index in [1.807, 2.05) is 0 Å². The van der Waals surface area contributed by atoms with Crippen molar-refractivity contribution in [3.63, 3.8) is 0 Å². The molecule has 0 aromatic carbocycles. The number of carbonyl (C=O) groups excluding carboxylic acids is 1. The van der Waals surface area contributed by atoms with Crippen LogP contribution in [-0.4, -0.2) is 31.9 Å². The summed E-state index contributed by atoms with van der Waals surface area (Å²) in [5.41, 5.74) is 0. The number of carbonyl (C=O) groups is 1. The van der Waals surface area contributed by atoms with E-state index in [9.17, 15) is 13.9 Å². The molecule has 0 aliphatic carbocycles. The van der Waals surface area contributed by atoms with E-state index in [1.54, 1.807) is 0 Å². The van der Waals surface area contributed by atoms with Gasteiger partial charge in [-0.05, 0) is 26.7 Å². The maximum atomic E-state index is 11.0. The molecule has 0 aromatic heterocycles. The van der Waals surface area contributed by atoms with Crippen molar-refractivity contribution in [3.8, 4) is 0 Å². The summed E-state index contributed by atoms with van der Waals surface area (Å²) >= 11 is 0. The van der Waals surface area contributed by atoms with Gasteiger partial charge in [0.05, 0.1) is 0 Å². The fraction of sp³-hybridized carbons (Fsp3) is 0.800. The molecule has 3 nitrogen and oxygen atoms in total. The highest BCUT2D eigenvalue weighted by Gasteiger charge is 2.30. The van der Waals surface area contributed by atoms with E-state index in [1.165, 1.54) is 26.7 Å². The summed E-state index contributed by atoms with van der Waals surface area (Å²) in [6.07, 6.45) is 0. The fourth-order valence-electron chi connectivity index (χ4n) is 0.580. The van der Waals surface area contributed by atoms with Crippen molar-refractivity contribution in [1.29, 1.82) is 0 Å². The Hall–Kier alpha value is 0.130. The Morgan fingerprint density at radius 3 is 1.10 bits per heavy atom. The molecule has 0 radical (unpaired) electrons. The van der Waals surface area contributed by atoms with Gasteiger partial charge in [0.25, 0.3) is 0 Å². The van der Waals surface area contributed by atoms with Crippen molar-refractivity contribution in [2.75, 3.05) is 26.7 Å². The summed E-state index contributed by atoms with van der Waals surface area (Å²) in [5.74, 6) is 0. The van der Waals surface area contributed by atoms with Gasteiger partial charge in [0, 0.05) is 0 Å². The molecule has 0 heterocycles. The van der Waals surface area contributed by atoms with E-state index in [-0.39, 0.29) is 0 Å². The second-order valence-corrected chi connectivity index (χ2v) is 9.55. The van der Waals surface area contributed by atoms with Crippen LogP contribution in [0.2, 0.25) is 0 Å². The SMILES string of the molecule is CP(C)(=O)C(=O)P(C)(C)=O. The van der Waals surface area contributed by atoms with Gasteiger partial charge in [-0.1, -0.05) is 0 Å². The van der Waals surface area contributed by atoms with Crippen LogP contribution in [-0.2, 0) is 9.13 Å². The van der Waals surface area contributed by atoms with Crippen LogP contribution in [0.25, 0.3) is 0 Å². The smallest absolute Gasteiger partial charge is 0.247 e. The Labute approximate surface area is 60.9 Å². The van der Waals surface area contributed by atoms with Gasteiger partial charge in [-0.25, -0.2) is 0 Å². The van der Waals surface area contributed by atoms with Crippen LogP contribution < -0.4 is 0 Å². The molecule has 0 aliphatic rings. The molecular formula is C5H12O3P2. The molecular weight excluding hydrogens is 170 g/mol. The van der Waals surface area contributed by atoms with E-state index >= 15 is 0 Å². The van der Waals surface area contributed by atoms with Crippen LogP contribution >= 0.6 is 14.3 Å². The van der Waals surface area contributed by atoms with Crippen molar-refractivity contribution in [3.05, 3.63) is 0 Å². The van der Waals surface area contributed by atoms with E-state index in [0.717, 1.165) is 0 Å². The molecule has 0 atom stereocenters. The third-order valence-corrected chi connectivity index (χ3v) is 5.65. The normalized spacial score (nSPS) is 13.2. The minimum atomic E-state index is -2.78. The van der Waals surface area contributed by atoms with Gasteiger partial charge in [-0.3, -0.25) is 4.79 Å². The summed E-state index contributed by atoms with van der Waals surface area (Å²) in [6, 6.07) is 0. The number of hydrogen-bond acceptors (Lipinski definition) is 3. The van der Waals surface area contributed by atoms with Gasteiger partial charge >= 0.3 is 0 Å². The largest absolute Gasteiger partial charge is 0.316 e. The zero-order chi connectivity index (χ0) is 8.58. The third kappa shape index (κ3) is 2.81. The van der Waals surface area contributed by atoms with Gasteiger partial charge in [-0.15, -0.1) is 0 Å². The average molecular weight is 182 g/mol. The first kappa shape index (κ1) is 10.1. The number of rotatable bonds is 2. The standard InChI is InChI=1S/C5H12O3P2/c1-9(2,7)5(6)10(3,4)8/h1-4H3. The van der Waals surface area contributed by atoms with Crippen LogP contribution in [0.1, 0.15) is 0 Å². The van der Waals surface area contributed by atoms with Crippen LogP contribution in [0.15, 0.2) is 0 Å². The summed E-state index contributed by atoms with van der Waals surface area (Å²) < 4.78 is 22.1. The molecule has 0 fully saturated rings. The van der Waals surface area contributed by atoms with Crippen molar-refractivity contribution in [1.82, 2.24) is 0 Å². The monoisotopic (exact) mass is 182 g/mol. The lowest BCUT2D eigenvalue weighted by atomic mass is 11.7. The first-order valence-electron chi connectivity index (χ1n) is 2.81. The molecule has 0 aromatic rings. The fourth-order valence-corrected chi connectivity index (χ4v) is 5.22. The lowest BCUT2D eigenvalue weighted by Crippen LogP contribution is -1.94. The Bertz CT molecular complexity index is 207. The van der Waals surface area contributed by atoms with Gasteiger partial charge in [0.2, 0.25) is 5.27 Å². The highest BCUT2D eigenvalue weighted by molar-refractivity contribution is 8.04. The van der Waals surface area contributed by atoms with E-state index in [2.05, 4.69) is 0 Å². The molecule has 0 saturated heterocycles. The lowest BCUT2D eigenvalue weighted by molar-refractivity contribution is 0.273. The van der Waals surface area contributed by atoms with Crippen LogP contribution in [0.5, 0.6) is 0 Å². The third-order valence-electron chi connectivity index (χ3n) is 0.921. The van der Waals surface area contributed by atoms with Gasteiger partial charge in [0.15, 0.2) is 14.3 Å². The predicted octanol–water partition coefficient (Wildman–Crippen LogP) is 2.35. The Morgan fingerprint density at radius 1 is 0.900 bits per heavy atom. The van der Waals surface area contributed by atoms with Gasteiger partial charge in [-0.2, -0.15) is 0 Å². The topological polar surface area (TPSA) is 51.2 Å². The minimum absolute atomic E-state index is 0.569. The second kappa shape index (κ2) is 2.64.